The van der Waals surface area contributed by atoms with Gasteiger partial charge in [0.05, 0.1) is 12.6 Å². The lowest BCUT2D eigenvalue weighted by atomic mass is 10.3. The molecule has 1 amide bonds. The van der Waals surface area contributed by atoms with E-state index in [1.165, 1.54) is 7.11 Å². The summed E-state index contributed by atoms with van der Waals surface area (Å²) in [5.74, 6) is 0.472. The molecule has 3 N–H and O–H groups in total. The molecule has 0 radical (unpaired) electrons. The zero-order chi connectivity index (χ0) is 12.0. The third-order valence-electron chi connectivity index (χ3n) is 2.26. The molecule has 0 spiro atoms. The number of amides is 1. The number of carboxylic acids is 1. The Morgan fingerprint density at radius 2 is 2.44 bits per heavy atom. The zero-order valence-electron chi connectivity index (χ0n) is 9.06. The van der Waals surface area contributed by atoms with Crippen molar-refractivity contribution in [2.75, 3.05) is 31.7 Å². The van der Waals surface area contributed by atoms with Gasteiger partial charge in [-0.25, -0.2) is 4.79 Å². The van der Waals surface area contributed by atoms with Crippen molar-refractivity contribution < 1.29 is 19.4 Å². The predicted octanol–water partition coefficient (Wildman–Crippen LogP) is -1.09. The average Bonchev–Trinajstić information content (AvgIpc) is 2.30. The topological polar surface area (TPSA) is 87.7 Å². The Labute approximate surface area is 98.1 Å². The van der Waals surface area contributed by atoms with E-state index in [4.69, 9.17) is 9.84 Å². The number of methoxy groups -OCH3 is 1. The minimum absolute atomic E-state index is 0.00644. The van der Waals surface area contributed by atoms with E-state index in [1.54, 1.807) is 11.8 Å². The Hall–Kier alpha value is -0.790. The number of aliphatic carboxylic acids is 1. The van der Waals surface area contributed by atoms with Gasteiger partial charge in [0.2, 0.25) is 5.91 Å². The highest BCUT2D eigenvalue weighted by Gasteiger charge is 2.23. The number of carboxylic acid groups (broad SMARTS) is 1. The predicted molar refractivity (Wildman–Crippen MR) is 60.6 cm³/mol. The fraction of sp³-hybridized carbons (Fsp3) is 0.778. The van der Waals surface area contributed by atoms with Crippen LogP contribution >= 0.6 is 11.8 Å². The molecule has 92 valence electrons. The second-order valence-electron chi connectivity index (χ2n) is 3.39. The highest BCUT2D eigenvalue weighted by molar-refractivity contribution is 7.99. The fourth-order valence-corrected chi connectivity index (χ4v) is 2.26. The van der Waals surface area contributed by atoms with Crippen LogP contribution in [0.5, 0.6) is 0 Å². The first-order valence-corrected chi connectivity index (χ1v) is 6.15. The number of thioether (sulfide) groups is 1. The van der Waals surface area contributed by atoms with E-state index >= 15 is 0 Å². The molecule has 0 aromatic carbocycles. The molecule has 0 aliphatic carbocycles. The van der Waals surface area contributed by atoms with E-state index in [0.29, 0.717) is 0 Å². The molecule has 1 heterocycles. The number of carbonyl (C=O) groups excluding carboxylic acids is 1. The van der Waals surface area contributed by atoms with Crippen LogP contribution in [0.2, 0.25) is 0 Å². The van der Waals surface area contributed by atoms with Crippen LogP contribution in [-0.4, -0.2) is 60.8 Å². The van der Waals surface area contributed by atoms with Crippen molar-refractivity contribution in [1.29, 1.82) is 0 Å². The normalized spacial score (nSPS) is 22.4. The van der Waals surface area contributed by atoms with Crippen LogP contribution in [0.1, 0.15) is 0 Å². The zero-order valence-corrected chi connectivity index (χ0v) is 9.88. The maximum absolute atomic E-state index is 11.6. The molecule has 0 aromatic rings. The Morgan fingerprint density at radius 1 is 1.69 bits per heavy atom. The molecule has 16 heavy (non-hydrogen) atoms. The monoisotopic (exact) mass is 248 g/mol. The highest BCUT2D eigenvalue weighted by atomic mass is 32.2. The first kappa shape index (κ1) is 13.3. The number of hydrogen-bond donors (Lipinski definition) is 3. The molecule has 7 heteroatoms. The molecule has 0 aromatic heterocycles. The van der Waals surface area contributed by atoms with Crippen molar-refractivity contribution >= 4 is 23.6 Å². The van der Waals surface area contributed by atoms with E-state index in [-0.39, 0.29) is 18.5 Å². The van der Waals surface area contributed by atoms with Gasteiger partial charge in [-0.15, -0.1) is 0 Å². The standard InChI is InChI=1S/C9H16N2O4S/c1-15-7(9(13)14)4-11-8(12)6-5-16-3-2-10-6/h6-7,10H,2-5H2,1H3,(H,11,12)(H,13,14). The number of nitrogens with one attached hydrogen (secondary N) is 2. The summed E-state index contributed by atoms with van der Waals surface area (Å²) in [6, 6.07) is -0.231. The fourth-order valence-electron chi connectivity index (χ4n) is 1.32. The van der Waals surface area contributed by atoms with Gasteiger partial charge >= 0.3 is 5.97 Å². The van der Waals surface area contributed by atoms with Crippen molar-refractivity contribution in [1.82, 2.24) is 10.6 Å². The summed E-state index contributed by atoms with van der Waals surface area (Å²) in [5.41, 5.74) is 0. The number of hydrogen-bond acceptors (Lipinski definition) is 5. The number of carbonyl (C=O) groups is 2. The number of ether oxygens (including phenoxy) is 1. The Balaban J connectivity index is 2.30. The summed E-state index contributed by atoms with van der Waals surface area (Å²) < 4.78 is 4.71. The van der Waals surface area contributed by atoms with E-state index in [1.807, 2.05) is 0 Å². The number of rotatable bonds is 5. The summed E-state index contributed by atoms with van der Waals surface area (Å²) in [5, 5.41) is 14.3. The molecular formula is C9H16N2O4S. The van der Waals surface area contributed by atoms with Gasteiger partial charge in [-0.1, -0.05) is 0 Å². The lowest BCUT2D eigenvalue weighted by Crippen LogP contribution is -2.51. The molecule has 0 saturated carbocycles. The molecule has 2 atom stereocenters. The summed E-state index contributed by atoms with van der Waals surface area (Å²) >= 11 is 1.71. The van der Waals surface area contributed by atoms with Gasteiger partial charge in [-0.2, -0.15) is 11.8 Å². The van der Waals surface area contributed by atoms with Crippen LogP contribution in [0.25, 0.3) is 0 Å². The van der Waals surface area contributed by atoms with Crippen LogP contribution in [0.3, 0.4) is 0 Å². The van der Waals surface area contributed by atoms with E-state index in [2.05, 4.69) is 10.6 Å². The van der Waals surface area contributed by atoms with Crippen molar-refractivity contribution in [3.63, 3.8) is 0 Å². The third kappa shape index (κ3) is 3.99. The van der Waals surface area contributed by atoms with Gasteiger partial charge < -0.3 is 20.5 Å². The Bertz CT molecular complexity index is 256. The van der Waals surface area contributed by atoms with Gasteiger partial charge in [0.25, 0.3) is 0 Å². The first-order chi connectivity index (χ1) is 7.65. The molecule has 1 fully saturated rings. The van der Waals surface area contributed by atoms with Gasteiger partial charge in [-0.3, -0.25) is 4.79 Å². The van der Waals surface area contributed by atoms with Crippen LogP contribution < -0.4 is 10.6 Å². The van der Waals surface area contributed by atoms with Crippen LogP contribution in [0, 0.1) is 0 Å². The summed E-state index contributed by atoms with van der Waals surface area (Å²) in [7, 11) is 1.31. The SMILES string of the molecule is COC(CNC(=O)C1CSCCN1)C(=O)O. The summed E-state index contributed by atoms with van der Waals surface area (Å²) in [6.45, 7) is 0.795. The molecule has 2 unspecified atom stereocenters. The maximum Gasteiger partial charge on any atom is 0.334 e. The molecule has 0 bridgehead atoms. The minimum atomic E-state index is -1.08. The maximum atomic E-state index is 11.6. The molecule has 1 saturated heterocycles. The second kappa shape index (κ2) is 6.72. The van der Waals surface area contributed by atoms with E-state index < -0.39 is 12.1 Å². The van der Waals surface area contributed by atoms with Gasteiger partial charge in [-0.05, 0) is 0 Å². The van der Waals surface area contributed by atoms with Crippen molar-refractivity contribution in [3.8, 4) is 0 Å². The lowest BCUT2D eigenvalue weighted by molar-refractivity contribution is -0.148. The molecule has 1 rings (SSSR count). The average molecular weight is 248 g/mol. The largest absolute Gasteiger partial charge is 0.479 e. The Morgan fingerprint density at radius 3 is 2.94 bits per heavy atom. The molecule has 1 aliphatic heterocycles. The third-order valence-corrected chi connectivity index (χ3v) is 3.32. The van der Waals surface area contributed by atoms with Crippen LogP contribution in [0.15, 0.2) is 0 Å². The quantitative estimate of drug-likeness (QED) is 0.573. The van der Waals surface area contributed by atoms with Gasteiger partial charge in [0, 0.05) is 25.2 Å². The Kier molecular flexibility index (Phi) is 5.58. The van der Waals surface area contributed by atoms with Crippen LogP contribution in [-0.2, 0) is 14.3 Å². The van der Waals surface area contributed by atoms with Crippen LogP contribution in [0.4, 0.5) is 0 Å². The minimum Gasteiger partial charge on any atom is -0.479 e. The summed E-state index contributed by atoms with van der Waals surface area (Å²) in [4.78, 5) is 22.2. The van der Waals surface area contributed by atoms with Gasteiger partial charge in [0.15, 0.2) is 6.10 Å². The first-order valence-electron chi connectivity index (χ1n) is 4.99. The van der Waals surface area contributed by atoms with Gasteiger partial charge in [0.1, 0.15) is 0 Å². The van der Waals surface area contributed by atoms with Crippen molar-refractivity contribution in [2.24, 2.45) is 0 Å². The van der Waals surface area contributed by atoms with Crippen molar-refractivity contribution in [2.45, 2.75) is 12.1 Å². The van der Waals surface area contributed by atoms with E-state index in [9.17, 15) is 9.59 Å². The molecule has 6 nitrogen and oxygen atoms in total. The van der Waals surface area contributed by atoms with Crippen molar-refractivity contribution in [3.05, 3.63) is 0 Å². The smallest absolute Gasteiger partial charge is 0.334 e. The molecule has 1 aliphatic rings. The lowest BCUT2D eigenvalue weighted by Gasteiger charge is -2.22. The summed E-state index contributed by atoms with van der Waals surface area (Å²) in [6.07, 6.45) is -0.986. The molecular weight excluding hydrogens is 232 g/mol. The second-order valence-corrected chi connectivity index (χ2v) is 4.54. The van der Waals surface area contributed by atoms with E-state index in [0.717, 1.165) is 18.1 Å². The highest BCUT2D eigenvalue weighted by Crippen LogP contribution is 2.07.